The van der Waals surface area contributed by atoms with Crippen molar-refractivity contribution >= 4 is 35.1 Å². The monoisotopic (exact) mass is 434 g/mol. The maximum Gasteiger partial charge on any atom is 0.228 e. The van der Waals surface area contributed by atoms with E-state index in [1.165, 1.54) is 30.3 Å². The van der Waals surface area contributed by atoms with Crippen LogP contribution in [0.15, 0.2) is 65.6 Å². The van der Waals surface area contributed by atoms with Gasteiger partial charge in [0.2, 0.25) is 5.91 Å². The molecule has 3 N–H and O–H groups in total. The minimum absolute atomic E-state index is 0.0135. The number of nitrogens with two attached hydrogens (primary N) is 1. The fraction of sp³-hybridized carbons (Fsp3) is 0.0952. The number of carbonyl (C=O) groups excluding carboxylic acids is 1. The average Bonchev–Trinajstić information content (AvgIpc) is 2.70. The van der Waals surface area contributed by atoms with Gasteiger partial charge in [-0.15, -0.1) is 0 Å². The molecule has 3 aromatic carbocycles. The molecule has 0 fully saturated rings. The summed E-state index contributed by atoms with van der Waals surface area (Å²) >= 11 is 6.99. The van der Waals surface area contributed by atoms with E-state index < -0.39 is 5.82 Å². The summed E-state index contributed by atoms with van der Waals surface area (Å²) in [6.45, 7) is 0.241. The van der Waals surface area contributed by atoms with Crippen molar-refractivity contribution in [3.8, 4) is 5.75 Å². The van der Waals surface area contributed by atoms with Crippen molar-refractivity contribution in [3.63, 3.8) is 0 Å². The van der Waals surface area contributed by atoms with Crippen LogP contribution in [0, 0.1) is 11.6 Å². The van der Waals surface area contributed by atoms with E-state index in [1.54, 1.807) is 30.3 Å². The van der Waals surface area contributed by atoms with Gasteiger partial charge in [0.1, 0.15) is 24.0 Å². The SMILES string of the molecule is NSc1cc(NC(=O)Cc2ccc(F)cc2Cl)ccc1COc1ccc(F)cc1. The molecule has 0 bridgehead atoms. The van der Waals surface area contributed by atoms with Crippen LogP contribution in [-0.2, 0) is 17.8 Å². The predicted octanol–water partition coefficient (Wildman–Crippen LogP) is 5.34. The first-order valence-electron chi connectivity index (χ1n) is 8.56. The van der Waals surface area contributed by atoms with Gasteiger partial charge in [0.15, 0.2) is 0 Å². The summed E-state index contributed by atoms with van der Waals surface area (Å²) < 4.78 is 31.7. The summed E-state index contributed by atoms with van der Waals surface area (Å²) in [6, 6.07) is 14.9. The fourth-order valence-corrected chi connectivity index (χ4v) is 3.30. The number of carbonyl (C=O) groups is 1. The highest BCUT2D eigenvalue weighted by Crippen LogP contribution is 2.25. The second-order valence-electron chi connectivity index (χ2n) is 6.14. The zero-order chi connectivity index (χ0) is 20.8. The van der Waals surface area contributed by atoms with Gasteiger partial charge in [0.05, 0.1) is 6.42 Å². The first-order valence-corrected chi connectivity index (χ1v) is 9.82. The Hall–Kier alpha value is -2.61. The van der Waals surface area contributed by atoms with Gasteiger partial charge in [0, 0.05) is 21.2 Å². The Labute approximate surface area is 176 Å². The van der Waals surface area contributed by atoms with Crippen LogP contribution in [0.2, 0.25) is 5.02 Å². The van der Waals surface area contributed by atoms with Gasteiger partial charge in [-0.05, 0) is 66.0 Å². The van der Waals surface area contributed by atoms with Crippen LogP contribution < -0.4 is 15.2 Å². The molecule has 3 aromatic rings. The van der Waals surface area contributed by atoms with Crippen LogP contribution in [0.1, 0.15) is 11.1 Å². The summed E-state index contributed by atoms with van der Waals surface area (Å²) in [6.07, 6.45) is 0.0135. The molecule has 1 amide bonds. The van der Waals surface area contributed by atoms with Crippen LogP contribution in [0.3, 0.4) is 0 Å². The number of hydrogen-bond donors (Lipinski definition) is 2. The number of nitrogens with one attached hydrogen (secondary N) is 1. The molecule has 0 unspecified atom stereocenters. The number of halogens is 3. The molecule has 0 aliphatic carbocycles. The average molecular weight is 435 g/mol. The van der Waals surface area contributed by atoms with Crippen molar-refractivity contribution in [1.29, 1.82) is 0 Å². The van der Waals surface area contributed by atoms with Gasteiger partial charge in [-0.1, -0.05) is 23.7 Å². The van der Waals surface area contributed by atoms with Crippen LogP contribution in [0.5, 0.6) is 5.75 Å². The van der Waals surface area contributed by atoms with Gasteiger partial charge in [-0.2, -0.15) is 0 Å². The molecule has 0 saturated carbocycles. The second-order valence-corrected chi connectivity index (χ2v) is 7.23. The third kappa shape index (κ3) is 5.93. The number of rotatable bonds is 7. The molecule has 0 aliphatic heterocycles. The molecule has 0 atom stereocenters. The van der Waals surface area contributed by atoms with Crippen molar-refractivity contribution in [2.45, 2.75) is 17.9 Å². The lowest BCUT2D eigenvalue weighted by Gasteiger charge is -2.12. The lowest BCUT2D eigenvalue weighted by molar-refractivity contribution is -0.115. The Morgan fingerprint density at radius 1 is 1.00 bits per heavy atom. The summed E-state index contributed by atoms with van der Waals surface area (Å²) in [5.74, 6) is -0.547. The zero-order valence-corrected chi connectivity index (χ0v) is 16.7. The molecule has 150 valence electrons. The smallest absolute Gasteiger partial charge is 0.228 e. The van der Waals surface area contributed by atoms with Crippen molar-refractivity contribution in [2.75, 3.05) is 5.32 Å². The van der Waals surface area contributed by atoms with Crippen LogP contribution in [0.4, 0.5) is 14.5 Å². The van der Waals surface area contributed by atoms with E-state index >= 15 is 0 Å². The van der Waals surface area contributed by atoms with Gasteiger partial charge in [-0.3, -0.25) is 9.93 Å². The normalized spacial score (nSPS) is 10.6. The van der Waals surface area contributed by atoms with Gasteiger partial charge >= 0.3 is 0 Å². The van der Waals surface area contributed by atoms with E-state index in [4.69, 9.17) is 21.5 Å². The number of amides is 1. The molecule has 0 aromatic heterocycles. The fourth-order valence-electron chi connectivity index (χ4n) is 2.60. The van der Waals surface area contributed by atoms with E-state index in [0.29, 0.717) is 17.0 Å². The molecule has 0 spiro atoms. The highest BCUT2D eigenvalue weighted by Gasteiger charge is 2.11. The minimum atomic E-state index is -0.456. The Morgan fingerprint density at radius 3 is 2.38 bits per heavy atom. The summed E-state index contributed by atoms with van der Waals surface area (Å²) in [5, 5.41) is 8.71. The van der Waals surface area contributed by atoms with E-state index in [1.807, 2.05) is 0 Å². The van der Waals surface area contributed by atoms with Crippen LogP contribution in [0.25, 0.3) is 0 Å². The predicted molar refractivity (Wildman–Crippen MR) is 111 cm³/mol. The van der Waals surface area contributed by atoms with Gasteiger partial charge in [0.25, 0.3) is 0 Å². The lowest BCUT2D eigenvalue weighted by Crippen LogP contribution is -2.15. The number of benzene rings is 3. The number of ether oxygens (including phenoxy) is 1. The molecular formula is C21H17ClF2N2O2S. The Morgan fingerprint density at radius 2 is 1.69 bits per heavy atom. The molecule has 4 nitrogen and oxygen atoms in total. The zero-order valence-electron chi connectivity index (χ0n) is 15.1. The number of anilines is 1. The summed E-state index contributed by atoms with van der Waals surface area (Å²) in [7, 11) is 0. The van der Waals surface area contributed by atoms with Crippen molar-refractivity contribution in [2.24, 2.45) is 5.14 Å². The topological polar surface area (TPSA) is 64.3 Å². The first kappa shape index (κ1) is 21.1. The van der Waals surface area contributed by atoms with Crippen LogP contribution >= 0.6 is 23.5 Å². The summed E-state index contributed by atoms with van der Waals surface area (Å²) in [4.78, 5) is 13.0. The third-order valence-corrected chi connectivity index (χ3v) is 5.04. The molecule has 0 heterocycles. The van der Waals surface area contributed by atoms with Gasteiger partial charge in [-0.25, -0.2) is 8.78 Å². The second kappa shape index (κ2) is 9.73. The summed E-state index contributed by atoms with van der Waals surface area (Å²) in [5.41, 5.74) is 1.91. The maximum absolute atomic E-state index is 13.1. The standard InChI is InChI=1S/C21H17ClF2N2O2S/c22-19-10-16(24)3-1-13(19)9-21(27)26-17-6-2-14(20(11-17)29-25)12-28-18-7-4-15(23)5-8-18/h1-8,10-11H,9,12,25H2,(H,26,27). The van der Waals surface area contributed by atoms with Crippen molar-refractivity contribution in [1.82, 2.24) is 0 Å². The third-order valence-electron chi connectivity index (χ3n) is 4.05. The molecular weight excluding hydrogens is 418 g/mol. The Bertz CT molecular complexity index is 1020. The van der Waals surface area contributed by atoms with Crippen LogP contribution in [-0.4, -0.2) is 5.91 Å². The largest absolute Gasteiger partial charge is 0.489 e. The molecule has 0 saturated heterocycles. The highest BCUT2D eigenvalue weighted by atomic mass is 35.5. The van der Waals surface area contributed by atoms with E-state index in [2.05, 4.69) is 5.32 Å². The minimum Gasteiger partial charge on any atom is -0.489 e. The van der Waals surface area contributed by atoms with E-state index in [0.717, 1.165) is 22.4 Å². The highest BCUT2D eigenvalue weighted by molar-refractivity contribution is 7.97. The first-order chi connectivity index (χ1) is 13.9. The molecule has 0 aliphatic rings. The molecule has 3 rings (SSSR count). The maximum atomic E-state index is 13.1. The van der Waals surface area contributed by atoms with E-state index in [-0.39, 0.29) is 29.8 Å². The van der Waals surface area contributed by atoms with Gasteiger partial charge < -0.3 is 10.1 Å². The Balaban J connectivity index is 1.64. The lowest BCUT2D eigenvalue weighted by atomic mass is 10.1. The molecule has 8 heteroatoms. The van der Waals surface area contributed by atoms with E-state index in [9.17, 15) is 13.6 Å². The molecule has 29 heavy (non-hydrogen) atoms. The van der Waals surface area contributed by atoms with Crippen molar-refractivity contribution < 1.29 is 18.3 Å². The van der Waals surface area contributed by atoms with Crippen molar-refractivity contribution in [3.05, 3.63) is 88.4 Å². The quantitative estimate of drug-likeness (QED) is 0.492. The Kier molecular flexibility index (Phi) is 7.09. The molecule has 0 radical (unpaired) electrons. The number of hydrogen-bond acceptors (Lipinski definition) is 4.